The Morgan fingerprint density at radius 2 is 1.14 bits per heavy atom. The van der Waals surface area contributed by atoms with Gasteiger partial charge >= 0.3 is 11.9 Å². The molecule has 2 atom stereocenters. The number of carboxylic acids is 1. The van der Waals surface area contributed by atoms with Gasteiger partial charge in [0.25, 0.3) is 0 Å². The Kier molecular flexibility index (Phi) is 32.8. The monoisotopic (exact) mass is 691 g/mol. The summed E-state index contributed by atoms with van der Waals surface area (Å²) in [6, 6.07) is -1.38. The third-order valence-electron chi connectivity index (χ3n) is 8.39. The van der Waals surface area contributed by atoms with Crippen molar-refractivity contribution in [1.82, 2.24) is 10.6 Å². The fourth-order valence-electron chi connectivity index (χ4n) is 5.41. The minimum atomic E-state index is -1.38. The number of rotatable bonds is 34. The average Bonchev–Trinajstić information content (AvgIpc) is 3.08. The Balaban J connectivity index is 4.28. The molecule has 0 radical (unpaired) electrons. The van der Waals surface area contributed by atoms with Crippen LogP contribution in [0.15, 0.2) is 36.5 Å². The summed E-state index contributed by atoms with van der Waals surface area (Å²) in [6.07, 6.45) is 37.7. The van der Waals surface area contributed by atoms with Crippen LogP contribution in [0.4, 0.5) is 0 Å². The molecule has 0 rings (SSSR count). The van der Waals surface area contributed by atoms with Gasteiger partial charge in [-0.2, -0.15) is 0 Å². The lowest BCUT2D eigenvalue weighted by atomic mass is 10.0. The lowest BCUT2D eigenvalue weighted by Gasteiger charge is -2.15. The van der Waals surface area contributed by atoms with Crippen LogP contribution in [0.1, 0.15) is 168 Å². The van der Waals surface area contributed by atoms with E-state index in [4.69, 9.17) is 14.9 Å². The number of aliphatic hydroxyl groups is 1. The summed E-state index contributed by atoms with van der Waals surface area (Å²) in [5.74, 6) is -2.36. The van der Waals surface area contributed by atoms with Crippen LogP contribution >= 0.6 is 0 Å². The van der Waals surface area contributed by atoms with E-state index in [1.165, 1.54) is 64.2 Å². The number of esters is 1. The Bertz CT molecular complexity index is 932. The SMILES string of the molecule is CC/C=C\C/C=C\C/C=C\C(CCCCCCCCC(=O)NCC(=O)NC(CO)C(=O)O)OC(=O)CCCCCCCCCCCCCC. The maximum atomic E-state index is 12.6. The zero-order valence-corrected chi connectivity index (χ0v) is 30.9. The predicted molar refractivity (Wildman–Crippen MR) is 199 cm³/mol. The number of allylic oxidation sites excluding steroid dienone is 5. The minimum absolute atomic E-state index is 0.104. The van der Waals surface area contributed by atoms with E-state index >= 15 is 0 Å². The van der Waals surface area contributed by atoms with E-state index in [-0.39, 0.29) is 24.5 Å². The molecule has 9 heteroatoms. The van der Waals surface area contributed by atoms with Gasteiger partial charge in [-0.25, -0.2) is 4.79 Å². The zero-order chi connectivity index (χ0) is 36.2. The smallest absolute Gasteiger partial charge is 0.328 e. The van der Waals surface area contributed by atoms with E-state index < -0.39 is 24.5 Å². The van der Waals surface area contributed by atoms with Gasteiger partial charge in [0.1, 0.15) is 12.1 Å². The van der Waals surface area contributed by atoms with Crippen molar-refractivity contribution in [2.75, 3.05) is 13.2 Å². The third kappa shape index (κ3) is 32.0. The summed E-state index contributed by atoms with van der Waals surface area (Å²) in [7, 11) is 0. The number of amides is 2. The first-order valence-electron chi connectivity index (χ1n) is 19.4. The molecule has 0 saturated heterocycles. The van der Waals surface area contributed by atoms with E-state index in [0.717, 1.165) is 70.6 Å². The Hall–Kier alpha value is -2.94. The van der Waals surface area contributed by atoms with Gasteiger partial charge in [0.05, 0.1) is 13.2 Å². The number of unbranched alkanes of at least 4 members (excludes halogenated alkanes) is 16. The third-order valence-corrected chi connectivity index (χ3v) is 8.39. The summed E-state index contributed by atoms with van der Waals surface area (Å²) in [5, 5.41) is 22.4. The first-order chi connectivity index (χ1) is 23.8. The number of hydrogen-bond acceptors (Lipinski definition) is 6. The molecule has 0 spiro atoms. The fraction of sp³-hybridized carbons (Fsp3) is 0.750. The minimum Gasteiger partial charge on any atom is -0.480 e. The molecule has 4 N–H and O–H groups in total. The van der Waals surface area contributed by atoms with Crippen molar-refractivity contribution >= 4 is 23.8 Å². The largest absolute Gasteiger partial charge is 0.480 e. The average molecular weight is 691 g/mol. The summed E-state index contributed by atoms with van der Waals surface area (Å²) >= 11 is 0. The van der Waals surface area contributed by atoms with Crippen LogP contribution in [0.25, 0.3) is 0 Å². The van der Waals surface area contributed by atoms with Crippen molar-refractivity contribution in [3.05, 3.63) is 36.5 Å². The van der Waals surface area contributed by atoms with Gasteiger partial charge in [-0.3, -0.25) is 14.4 Å². The molecule has 0 heterocycles. The molecule has 0 aromatic heterocycles. The number of aliphatic carboxylic acids is 1. The maximum Gasteiger partial charge on any atom is 0.328 e. The molecule has 0 aliphatic carbocycles. The lowest BCUT2D eigenvalue weighted by molar-refractivity contribution is -0.147. The highest BCUT2D eigenvalue weighted by molar-refractivity contribution is 5.87. The molecule has 0 bridgehead atoms. The second-order valence-corrected chi connectivity index (χ2v) is 13.0. The van der Waals surface area contributed by atoms with Crippen molar-refractivity contribution in [2.45, 2.75) is 180 Å². The Morgan fingerprint density at radius 3 is 1.69 bits per heavy atom. The number of aliphatic hydroxyl groups excluding tert-OH is 1. The summed E-state index contributed by atoms with van der Waals surface area (Å²) < 4.78 is 5.89. The van der Waals surface area contributed by atoms with Crippen molar-refractivity contribution in [1.29, 1.82) is 0 Å². The highest BCUT2D eigenvalue weighted by Gasteiger charge is 2.18. The molecule has 0 aliphatic rings. The number of carbonyl (C=O) groups excluding carboxylic acids is 3. The van der Waals surface area contributed by atoms with E-state index in [1.807, 2.05) is 6.08 Å². The normalized spacial score (nSPS) is 12.9. The first-order valence-corrected chi connectivity index (χ1v) is 19.4. The van der Waals surface area contributed by atoms with Crippen molar-refractivity contribution in [3.8, 4) is 0 Å². The highest BCUT2D eigenvalue weighted by Crippen LogP contribution is 2.16. The van der Waals surface area contributed by atoms with Crippen LogP contribution in [0.2, 0.25) is 0 Å². The van der Waals surface area contributed by atoms with Gasteiger partial charge in [-0.05, 0) is 51.0 Å². The molecular formula is C40H70N2O7. The van der Waals surface area contributed by atoms with Gasteiger partial charge in [0.2, 0.25) is 11.8 Å². The van der Waals surface area contributed by atoms with Crippen LogP contribution in [0.3, 0.4) is 0 Å². The number of ether oxygens (including phenoxy) is 1. The highest BCUT2D eigenvalue weighted by atomic mass is 16.5. The van der Waals surface area contributed by atoms with Gasteiger partial charge < -0.3 is 25.6 Å². The molecule has 0 aliphatic heterocycles. The summed E-state index contributed by atoms with van der Waals surface area (Å²) in [6.45, 7) is 3.34. The molecule has 282 valence electrons. The standard InChI is InChI=1S/C40H70N2O7/c1-3-5-7-9-11-13-14-15-16-18-24-28-32-39(46)49-35(29-25-21-17-12-10-8-6-4-2)30-26-22-19-20-23-27-31-37(44)41-33-38(45)42-36(34-43)40(47)48/h6,8,12,17,25,29,35-36,43H,3-5,7,9-11,13-16,18-24,26-28,30-34H2,1-2H3,(H,41,44)(H,42,45)(H,47,48)/b8-6-,17-12-,29-25-. The quantitative estimate of drug-likeness (QED) is 0.0301. The molecule has 9 nitrogen and oxygen atoms in total. The molecule has 0 aromatic carbocycles. The number of nitrogens with one attached hydrogen (secondary N) is 2. The van der Waals surface area contributed by atoms with Crippen LogP contribution in [-0.2, 0) is 23.9 Å². The fourth-order valence-corrected chi connectivity index (χ4v) is 5.41. The van der Waals surface area contributed by atoms with E-state index in [2.05, 4.69) is 54.9 Å². The van der Waals surface area contributed by atoms with Gasteiger partial charge in [0.15, 0.2) is 0 Å². The van der Waals surface area contributed by atoms with Crippen LogP contribution in [0.5, 0.6) is 0 Å². The van der Waals surface area contributed by atoms with Crippen LogP contribution < -0.4 is 10.6 Å². The van der Waals surface area contributed by atoms with Crippen molar-refractivity contribution < 1.29 is 34.1 Å². The lowest BCUT2D eigenvalue weighted by Crippen LogP contribution is -2.47. The molecular weight excluding hydrogens is 620 g/mol. The topological polar surface area (TPSA) is 142 Å². The maximum absolute atomic E-state index is 12.6. The van der Waals surface area contributed by atoms with E-state index in [0.29, 0.717) is 19.3 Å². The van der Waals surface area contributed by atoms with Gasteiger partial charge in [-0.1, -0.05) is 141 Å². The van der Waals surface area contributed by atoms with Crippen LogP contribution in [-0.4, -0.2) is 59.3 Å². The number of hydrogen-bond donors (Lipinski definition) is 4. The van der Waals surface area contributed by atoms with Crippen molar-refractivity contribution in [3.63, 3.8) is 0 Å². The zero-order valence-electron chi connectivity index (χ0n) is 30.9. The Morgan fingerprint density at radius 1 is 0.633 bits per heavy atom. The molecule has 2 amide bonds. The molecule has 0 fully saturated rings. The van der Waals surface area contributed by atoms with E-state index in [1.54, 1.807) is 0 Å². The van der Waals surface area contributed by atoms with Crippen molar-refractivity contribution in [2.24, 2.45) is 0 Å². The molecule has 2 unspecified atom stereocenters. The predicted octanol–water partition coefficient (Wildman–Crippen LogP) is 8.65. The second-order valence-electron chi connectivity index (χ2n) is 13.0. The van der Waals surface area contributed by atoms with Gasteiger partial charge in [-0.15, -0.1) is 0 Å². The number of carbonyl (C=O) groups is 4. The first kappa shape index (κ1) is 46.1. The number of carboxylic acid groups (broad SMARTS) is 1. The Labute approximate surface area is 297 Å². The second kappa shape index (κ2) is 34.9. The molecule has 0 aromatic rings. The molecule has 49 heavy (non-hydrogen) atoms. The van der Waals surface area contributed by atoms with Crippen LogP contribution in [0, 0.1) is 0 Å². The summed E-state index contributed by atoms with van der Waals surface area (Å²) in [5.41, 5.74) is 0. The summed E-state index contributed by atoms with van der Waals surface area (Å²) in [4.78, 5) is 47.2. The van der Waals surface area contributed by atoms with E-state index in [9.17, 15) is 19.2 Å². The molecule has 0 saturated carbocycles. The van der Waals surface area contributed by atoms with Gasteiger partial charge in [0, 0.05) is 12.8 Å².